The third-order valence-electron chi connectivity index (χ3n) is 3.41. The van der Waals surface area contributed by atoms with E-state index < -0.39 is 11.2 Å². The van der Waals surface area contributed by atoms with Crippen LogP contribution in [0.25, 0.3) is 0 Å². The van der Waals surface area contributed by atoms with Gasteiger partial charge >= 0.3 is 5.69 Å². The zero-order valence-electron chi connectivity index (χ0n) is 13.0. The molecule has 1 aromatic carbocycles. The molecular weight excluding hydrogens is 318 g/mol. The van der Waals surface area contributed by atoms with Crippen molar-refractivity contribution in [3.8, 4) is 0 Å². The molecule has 0 aliphatic heterocycles. The molecule has 1 heterocycles. The summed E-state index contributed by atoms with van der Waals surface area (Å²) in [5.74, 6) is -0.291. The molecule has 0 saturated heterocycles. The van der Waals surface area contributed by atoms with Gasteiger partial charge in [-0.1, -0.05) is 23.7 Å². The first kappa shape index (κ1) is 17.0. The highest BCUT2D eigenvalue weighted by atomic mass is 35.5. The van der Waals surface area contributed by atoms with Crippen molar-refractivity contribution < 1.29 is 4.79 Å². The third kappa shape index (κ3) is 4.56. The largest absolute Gasteiger partial charge is 0.352 e. The summed E-state index contributed by atoms with van der Waals surface area (Å²) in [6.45, 7) is 1.75. The van der Waals surface area contributed by atoms with Crippen molar-refractivity contribution in [3.05, 3.63) is 68.0 Å². The molecule has 2 aromatic rings. The molecule has 0 bridgehead atoms. The fraction of sp³-hybridized carbons (Fsp3) is 0.312. The molecule has 23 heavy (non-hydrogen) atoms. The number of nitrogens with one attached hydrogen (secondary N) is 1. The van der Waals surface area contributed by atoms with E-state index in [1.165, 1.54) is 23.9 Å². The molecule has 122 valence electrons. The van der Waals surface area contributed by atoms with Gasteiger partial charge in [0.1, 0.15) is 6.54 Å². The molecule has 7 heteroatoms. The number of aromatic nitrogens is 2. The van der Waals surface area contributed by atoms with Crippen molar-refractivity contribution in [2.75, 3.05) is 0 Å². The number of carbonyl (C=O) groups is 1. The van der Waals surface area contributed by atoms with Crippen LogP contribution in [0.5, 0.6) is 0 Å². The molecule has 0 saturated carbocycles. The summed E-state index contributed by atoms with van der Waals surface area (Å²) in [5, 5.41) is 3.48. The third-order valence-corrected chi connectivity index (χ3v) is 3.65. The van der Waals surface area contributed by atoms with Gasteiger partial charge in [0, 0.05) is 30.4 Å². The number of amides is 1. The molecule has 0 unspecified atom stereocenters. The lowest BCUT2D eigenvalue weighted by molar-refractivity contribution is -0.122. The summed E-state index contributed by atoms with van der Waals surface area (Å²) < 4.78 is 2.16. The lowest BCUT2D eigenvalue weighted by Crippen LogP contribution is -2.42. The Morgan fingerprint density at radius 2 is 2.04 bits per heavy atom. The van der Waals surface area contributed by atoms with Crippen LogP contribution in [0.2, 0.25) is 5.02 Å². The molecule has 2 rings (SSSR count). The summed E-state index contributed by atoms with van der Waals surface area (Å²) in [6.07, 6.45) is 1.96. The Morgan fingerprint density at radius 1 is 1.30 bits per heavy atom. The fourth-order valence-corrected chi connectivity index (χ4v) is 2.49. The molecule has 1 amide bonds. The number of hydrogen-bond acceptors (Lipinski definition) is 3. The Bertz CT molecular complexity index is 826. The Hall–Kier alpha value is -2.34. The van der Waals surface area contributed by atoms with Crippen LogP contribution < -0.4 is 16.6 Å². The zero-order chi connectivity index (χ0) is 17.0. The Morgan fingerprint density at radius 3 is 2.74 bits per heavy atom. The van der Waals surface area contributed by atoms with Gasteiger partial charge in [-0.25, -0.2) is 4.79 Å². The zero-order valence-corrected chi connectivity index (χ0v) is 13.7. The minimum absolute atomic E-state index is 0.107. The lowest BCUT2D eigenvalue weighted by Gasteiger charge is -2.15. The van der Waals surface area contributed by atoms with Crippen molar-refractivity contribution in [1.82, 2.24) is 14.5 Å². The average molecular weight is 336 g/mol. The SMILES string of the molecule is C[C@H](Cc1cccc(Cl)c1)NC(=O)Cn1ccc(=O)n(C)c1=O. The van der Waals surface area contributed by atoms with Gasteiger partial charge in [-0.2, -0.15) is 0 Å². The van der Waals surface area contributed by atoms with Gasteiger partial charge in [-0.3, -0.25) is 18.7 Å². The number of halogens is 1. The molecule has 0 aliphatic carbocycles. The summed E-state index contributed by atoms with van der Waals surface area (Å²) >= 11 is 5.93. The Labute approximate surface area is 138 Å². The summed E-state index contributed by atoms with van der Waals surface area (Å²) in [4.78, 5) is 35.2. The van der Waals surface area contributed by atoms with Crippen molar-refractivity contribution in [2.24, 2.45) is 7.05 Å². The van der Waals surface area contributed by atoms with Crippen molar-refractivity contribution in [2.45, 2.75) is 25.9 Å². The van der Waals surface area contributed by atoms with Gasteiger partial charge in [0.25, 0.3) is 5.56 Å². The highest BCUT2D eigenvalue weighted by molar-refractivity contribution is 6.30. The number of rotatable bonds is 5. The van der Waals surface area contributed by atoms with Crippen molar-refractivity contribution >= 4 is 17.5 Å². The number of carbonyl (C=O) groups excluding carboxylic acids is 1. The predicted molar refractivity (Wildman–Crippen MR) is 88.7 cm³/mol. The quantitative estimate of drug-likeness (QED) is 0.884. The van der Waals surface area contributed by atoms with Gasteiger partial charge in [-0.15, -0.1) is 0 Å². The molecule has 0 radical (unpaired) electrons. The fourth-order valence-electron chi connectivity index (χ4n) is 2.28. The summed E-state index contributed by atoms with van der Waals surface area (Å²) in [5.41, 5.74) is 0.0979. The van der Waals surface area contributed by atoms with Gasteiger partial charge in [0.05, 0.1) is 0 Å². The van der Waals surface area contributed by atoms with E-state index in [0.717, 1.165) is 10.1 Å². The van der Waals surface area contributed by atoms with E-state index >= 15 is 0 Å². The highest BCUT2D eigenvalue weighted by Crippen LogP contribution is 2.12. The average Bonchev–Trinajstić information content (AvgIpc) is 2.47. The Balaban J connectivity index is 1.98. The van der Waals surface area contributed by atoms with Gasteiger partial charge in [-0.05, 0) is 31.0 Å². The van der Waals surface area contributed by atoms with E-state index in [4.69, 9.17) is 11.6 Å². The van der Waals surface area contributed by atoms with Crippen LogP contribution >= 0.6 is 11.6 Å². The van der Waals surface area contributed by atoms with Crippen LogP contribution in [-0.4, -0.2) is 21.1 Å². The van der Waals surface area contributed by atoms with Gasteiger partial charge in [0.15, 0.2) is 0 Å². The van der Waals surface area contributed by atoms with E-state index in [9.17, 15) is 14.4 Å². The molecule has 0 fully saturated rings. The monoisotopic (exact) mass is 335 g/mol. The Kier molecular flexibility index (Phi) is 5.39. The number of nitrogens with zero attached hydrogens (tertiary/aromatic N) is 2. The van der Waals surface area contributed by atoms with Crippen molar-refractivity contribution in [3.63, 3.8) is 0 Å². The molecule has 6 nitrogen and oxygen atoms in total. The van der Waals surface area contributed by atoms with Crippen molar-refractivity contribution in [1.29, 1.82) is 0 Å². The second kappa shape index (κ2) is 7.28. The topological polar surface area (TPSA) is 73.1 Å². The second-order valence-electron chi connectivity index (χ2n) is 5.43. The number of hydrogen-bond donors (Lipinski definition) is 1. The van der Waals surface area contributed by atoms with Crippen LogP contribution in [0, 0.1) is 0 Å². The van der Waals surface area contributed by atoms with E-state index in [1.807, 2.05) is 25.1 Å². The standard InChI is InChI=1S/C16H18ClN3O3/c1-11(8-12-4-3-5-13(17)9-12)18-14(21)10-20-7-6-15(22)19(2)16(20)23/h3-7,9,11H,8,10H2,1-2H3,(H,18,21)/t11-/m1/s1. The first-order valence-electron chi connectivity index (χ1n) is 7.17. The van der Waals surface area contributed by atoms with Gasteiger partial charge in [0.2, 0.25) is 5.91 Å². The van der Waals surface area contributed by atoms with E-state index in [-0.39, 0.29) is 18.5 Å². The summed E-state index contributed by atoms with van der Waals surface area (Å²) in [6, 6.07) is 8.58. The maximum absolute atomic E-state index is 12.0. The van der Waals surface area contributed by atoms with Gasteiger partial charge < -0.3 is 5.32 Å². The summed E-state index contributed by atoms with van der Waals surface area (Å²) in [7, 11) is 1.38. The molecular formula is C16H18ClN3O3. The van der Waals surface area contributed by atoms with E-state index in [0.29, 0.717) is 11.4 Å². The maximum Gasteiger partial charge on any atom is 0.331 e. The minimum Gasteiger partial charge on any atom is -0.352 e. The minimum atomic E-state index is -0.518. The van der Waals surface area contributed by atoms with Crippen LogP contribution in [0.4, 0.5) is 0 Å². The van der Waals surface area contributed by atoms with E-state index in [1.54, 1.807) is 6.07 Å². The maximum atomic E-state index is 12.0. The molecule has 1 aromatic heterocycles. The molecule has 1 N–H and O–H groups in total. The predicted octanol–water partition coefficient (Wildman–Crippen LogP) is 0.948. The second-order valence-corrected chi connectivity index (χ2v) is 5.86. The van der Waals surface area contributed by atoms with Crippen LogP contribution in [-0.2, 0) is 24.8 Å². The number of benzene rings is 1. The van der Waals surface area contributed by atoms with Crippen LogP contribution in [0.1, 0.15) is 12.5 Å². The van der Waals surface area contributed by atoms with Crippen LogP contribution in [0.3, 0.4) is 0 Å². The smallest absolute Gasteiger partial charge is 0.331 e. The molecule has 0 aliphatic rings. The highest BCUT2D eigenvalue weighted by Gasteiger charge is 2.11. The van der Waals surface area contributed by atoms with Crippen LogP contribution in [0.15, 0.2) is 46.1 Å². The van der Waals surface area contributed by atoms with E-state index in [2.05, 4.69) is 5.32 Å². The molecule has 1 atom stereocenters. The molecule has 0 spiro atoms. The first-order chi connectivity index (χ1) is 10.9. The lowest BCUT2D eigenvalue weighted by atomic mass is 10.1. The first-order valence-corrected chi connectivity index (χ1v) is 7.55. The normalized spacial score (nSPS) is 12.0.